The summed E-state index contributed by atoms with van der Waals surface area (Å²) in [5.41, 5.74) is 1.95. The van der Waals surface area contributed by atoms with Crippen LogP contribution in [0.5, 0.6) is 0 Å². The second-order valence-electron chi connectivity index (χ2n) is 6.77. The fourth-order valence-corrected chi connectivity index (χ4v) is 4.11. The Labute approximate surface area is 176 Å². The Hall–Kier alpha value is -3.23. The molecule has 3 aromatic rings. The molecule has 8 heteroatoms. The Morgan fingerprint density at radius 2 is 1.83 bits per heavy atom. The molecule has 0 bridgehead atoms. The number of anilines is 2. The number of pyridine rings is 1. The van der Waals surface area contributed by atoms with Gasteiger partial charge in [0.05, 0.1) is 17.1 Å². The molecule has 0 saturated carbocycles. The Morgan fingerprint density at radius 3 is 2.53 bits per heavy atom. The highest BCUT2D eigenvalue weighted by atomic mass is 32.2. The number of carbonyl (C=O) groups excluding carboxylic acids is 1. The predicted octanol–water partition coefficient (Wildman–Crippen LogP) is 3.20. The first kappa shape index (κ1) is 21.5. The van der Waals surface area contributed by atoms with Gasteiger partial charge < -0.3 is 10.6 Å². The molecule has 1 heterocycles. The molecule has 1 amide bonds. The third-order valence-corrected chi connectivity index (χ3v) is 6.43. The smallest absolute Gasteiger partial charge is 0.264 e. The minimum Gasteiger partial charge on any atom is -0.325 e. The molecule has 1 atom stereocenters. The van der Waals surface area contributed by atoms with Gasteiger partial charge in [0.25, 0.3) is 10.0 Å². The monoisotopic (exact) mass is 424 g/mol. The van der Waals surface area contributed by atoms with Crippen molar-refractivity contribution in [3.8, 4) is 0 Å². The van der Waals surface area contributed by atoms with Crippen molar-refractivity contribution in [2.24, 2.45) is 0 Å². The predicted molar refractivity (Wildman–Crippen MR) is 118 cm³/mol. The lowest BCUT2D eigenvalue weighted by atomic mass is 10.1. The number of aromatic nitrogens is 1. The number of nitrogens with one attached hydrogen (secondary N) is 2. The van der Waals surface area contributed by atoms with Crippen molar-refractivity contribution in [3.05, 3.63) is 84.7 Å². The SMILES string of the molecule is CC(NCC(=O)Nc1cccc(S(=O)(=O)N(C)c2ccccc2)c1)c1cccnc1. The van der Waals surface area contributed by atoms with Crippen LogP contribution in [0, 0.1) is 0 Å². The van der Waals surface area contributed by atoms with E-state index in [1.807, 2.05) is 25.1 Å². The first-order valence-electron chi connectivity index (χ1n) is 9.45. The van der Waals surface area contributed by atoms with Crippen molar-refractivity contribution >= 4 is 27.3 Å². The van der Waals surface area contributed by atoms with Crippen molar-refractivity contribution in [2.75, 3.05) is 23.2 Å². The molecule has 0 spiro atoms. The highest BCUT2D eigenvalue weighted by molar-refractivity contribution is 7.92. The number of carbonyl (C=O) groups is 1. The van der Waals surface area contributed by atoms with Crippen LogP contribution in [-0.4, -0.2) is 32.9 Å². The highest BCUT2D eigenvalue weighted by Gasteiger charge is 2.21. The minimum atomic E-state index is -3.75. The molecule has 1 unspecified atom stereocenters. The minimum absolute atomic E-state index is 0.0457. The molecule has 0 radical (unpaired) electrons. The normalized spacial score (nSPS) is 12.2. The van der Waals surface area contributed by atoms with Crippen LogP contribution < -0.4 is 14.9 Å². The fourth-order valence-electron chi connectivity index (χ4n) is 2.87. The van der Waals surface area contributed by atoms with E-state index in [1.165, 1.54) is 23.5 Å². The maximum Gasteiger partial charge on any atom is 0.264 e. The Bertz CT molecular complexity index is 1090. The van der Waals surface area contributed by atoms with Crippen LogP contribution in [0.25, 0.3) is 0 Å². The Kier molecular flexibility index (Phi) is 6.81. The van der Waals surface area contributed by atoms with Crippen LogP contribution in [-0.2, 0) is 14.8 Å². The number of benzene rings is 2. The molecule has 7 nitrogen and oxygen atoms in total. The molecule has 0 aliphatic carbocycles. The summed E-state index contributed by atoms with van der Waals surface area (Å²) in [6.45, 7) is 2.02. The Balaban J connectivity index is 1.65. The molecule has 0 fully saturated rings. The first-order valence-corrected chi connectivity index (χ1v) is 10.9. The number of para-hydroxylation sites is 1. The van der Waals surface area contributed by atoms with Gasteiger partial charge in [0.2, 0.25) is 5.91 Å². The number of rotatable bonds is 8. The van der Waals surface area contributed by atoms with Gasteiger partial charge in [-0.05, 0) is 48.9 Å². The topological polar surface area (TPSA) is 91.4 Å². The standard InChI is InChI=1S/C22H24N4O3S/c1-17(18-8-7-13-23-15-18)24-16-22(27)25-19-9-6-12-21(14-19)30(28,29)26(2)20-10-4-3-5-11-20/h3-15,17,24H,16H2,1-2H3,(H,25,27). The second-order valence-corrected chi connectivity index (χ2v) is 8.74. The van der Waals surface area contributed by atoms with Crippen LogP contribution in [0.15, 0.2) is 84.0 Å². The first-order chi connectivity index (χ1) is 14.4. The van der Waals surface area contributed by atoms with Crippen LogP contribution in [0.3, 0.4) is 0 Å². The number of sulfonamides is 1. The van der Waals surface area contributed by atoms with Gasteiger partial charge in [-0.1, -0.05) is 30.3 Å². The lowest BCUT2D eigenvalue weighted by molar-refractivity contribution is -0.115. The van der Waals surface area contributed by atoms with Gasteiger partial charge in [-0.25, -0.2) is 8.42 Å². The largest absolute Gasteiger partial charge is 0.325 e. The molecule has 0 saturated heterocycles. The van der Waals surface area contributed by atoms with Crippen molar-refractivity contribution in [3.63, 3.8) is 0 Å². The highest BCUT2D eigenvalue weighted by Crippen LogP contribution is 2.23. The number of hydrogen-bond donors (Lipinski definition) is 2. The van der Waals surface area contributed by atoms with E-state index in [-0.39, 0.29) is 23.4 Å². The molecule has 30 heavy (non-hydrogen) atoms. The summed E-state index contributed by atoms with van der Waals surface area (Å²) in [6, 6.07) is 18.8. The third-order valence-electron chi connectivity index (χ3n) is 4.65. The zero-order chi connectivity index (χ0) is 21.6. The lowest BCUT2D eigenvalue weighted by Crippen LogP contribution is -2.30. The van der Waals surface area contributed by atoms with E-state index in [1.54, 1.807) is 48.8 Å². The Morgan fingerprint density at radius 1 is 1.07 bits per heavy atom. The summed E-state index contributed by atoms with van der Waals surface area (Å²) in [7, 11) is -2.25. The van der Waals surface area contributed by atoms with Crippen LogP contribution in [0.1, 0.15) is 18.5 Å². The van der Waals surface area contributed by atoms with E-state index in [9.17, 15) is 13.2 Å². The van der Waals surface area contributed by atoms with Gasteiger partial charge in [0.1, 0.15) is 0 Å². The average molecular weight is 425 g/mol. The summed E-state index contributed by atoms with van der Waals surface area (Å²) in [4.78, 5) is 16.5. The van der Waals surface area contributed by atoms with Gasteiger partial charge in [-0.15, -0.1) is 0 Å². The van der Waals surface area contributed by atoms with Crippen molar-refractivity contribution in [2.45, 2.75) is 17.9 Å². The summed E-state index contributed by atoms with van der Waals surface area (Å²) in [6.07, 6.45) is 3.44. The van der Waals surface area contributed by atoms with Gasteiger partial charge in [-0.2, -0.15) is 0 Å². The molecule has 156 valence electrons. The maximum absolute atomic E-state index is 12.9. The summed E-state index contributed by atoms with van der Waals surface area (Å²) >= 11 is 0. The summed E-state index contributed by atoms with van der Waals surface area (Å²) in [5.74, 6) is -0.267. The number of amides is 1. The van der Waals surface area contributed by atoms with E-state index in [0.717, 1.165) is 5.56 Å². The van der Waals surface area contributed by atoms with Crippen LogP contribution in [0.2, 0.25) is 0 Å². The van der Waals surface area contributed by atoms with Crippen LogP contribution in [0.4, 0.5) is 11.4 Å². The molecule has 0 aliphatic heterocycles. The van der Waals surface area contributed by atoms with Crippen LogP contribution >= 0.6 is 0 Å². The lowest BCUT2D eigenvalue weighted by Gasteiger charge is -2.20. The van der Waals surface area contributed by atoms with E-state index < -0.39 is 10.0 Å². The quantitative estimate of drug-likeness (QED) is 0.579. The zero-order valence-corrected chi connectivity index (χ0v) is 17.6. The van der Waals surface area contributed by atoms with E-state index in [0.29, 0.717) is 11.4 Å². The van der Waals surface area contributed by atoms with Crippen molar-refractivity contribution in [1.82, 2.24) is 10.3 Å². The molecular formula is C22H24N4O3S. The average Bonchev–Trinajstić information content (AvgIpc) is 2.78. The number of hydrogen-bond acceptors (Lipinski definition) is 5. The zero-order valence-electron chi connectivity index (χ0n) is 16.8. The van der Waals surface area contributed by atoms with E-state index in [2.05, 4.69) is 15.6 Å². The van der Waals surface area contributed by atoms with E-state index >= 15 is 0 Å². The van der Waals surface area contributed by atoms with Gasteiger partial charge in [-0.3, -0.25) is 14.1 Å². The fraction of sp³-hybridized carbons (Fsp3) is 0.182. The van der Waals surface area contributed by atoms with Gasteiger partial charge >= 0.3 is 0 Å². The second kappa shape index (κ2) is 9.51. The third kappa shape index (κ3) is 5.22. The summed E-state index contributed by atoms with van der Waals surface area (Å²) < 4.78 is 27.1. The van der Waals surface area contributed by atoms with Crippen molar-refractivity contribution < 1.29 is 13.2 Å². The molecule has 3 rings (SSSR count). The molecule has 1 aromatic heterocycles. The van der Waals surface area contributed by atoms with E-state index in [4.69, 9.17) is 0 Å². The molecule has 2 N–H and O–H groups in total. The van der Waals surface area contributed by atoms with Crippen molar-refractivity contribution in [1.29, 1.82) is 0 Å². The van der Waals surface area contributed by atoms with Gasteiger partial charge in [0.15, 0.2) is 0 Å². The van der Waals surface area contributed by atoms with Gasteiger partial charge in [0, 0.05) is 31.2 Å². The number of nitrogens with zero attached hydrogens (tertiary/aromatic N) is 2. The molecular weight excluding hydrogens is 400 g/mol. The maximum atomic E-state index is 12.9. The molecule has 2 aromatic carbocycles. The molecule has 0 aliphatic rings. The summed E-state index contributed by atoms with van der Waals surface area (Å²) in [5, 5.41) is 5.86.